The number of likely N-dealkylation sites (N-methyl/N-ethyl adjacent to an activating group) is 1. The second-order valence-corrected chi connectivity index (χ2v) is 4.75. The van der Waals surface area contributed by atoms with Gasteiger partial charge in [0, 0.05) is 38.2 Å². The van der Waals surface area contributed by atoms with E-state index in [9.17, 15) is 0 Å². The summed E-state index contributed by atoms with van der Waals surface area (Å²) in [7, 11) is 3.84. The lowest BCUT2D eigenvalue weighted by atomic mass is 10.3. The van der Waals surface area contributed by atoms with E-state index in [1.807, 2.05) is 5.51 Å². The maximum absolute atomic E-state index is 5.06. The van der Waals surface area contributed by atoms with Crippen LogP contribution in [0, 0.1) is 0 Å². The van der Waals surface area contributed by atoms with Crippen molar-refractivity contribution >= 4 is 11.3 Å². The molecule has 4 nitrogen and oxygen atoms in total. The lowest BCUT2D eigenvalue weighted by Crippen LogP contribution is -2.36. The summed E-state index contributed by atoms with van der Waals surface area (Å²) in [5, 5.41) is 5.50. The van der Waals surface area contributed by atoms with Crippen molar-refractivity contribution in [1.82, 2.24) is 15.2 Å². The van der Waals surface area contributed by atoms with E-state index in [-0.39, 0.29) is 0 Å². The molecular formula is C11H21N3OS. The summed E-state index contributed by atoms with van der Waals surface area (Å²) in [6.07, 6.45) is 0. The second-order valence-electron chi connectivity index (χ2n) is 4.03. The lowest BCUT2D eigenvalue weighted by molar-refractivity contribution is 0.170. The number of ether oxygens (including phenoxy) is 1. The number of nitrogens with zero attached hydrogens (tertiary/aromatic N) is 2. The third-order valence-corrected chi connectivity index (χ3v) is 2.95. The van der Waals surface area contributed by atoms with Crippen LogP contribution in [0.3, 0.4) is 0 Å². The molecule has 1 aromatic rings. The Hall–Kier alpha value is -0.490. The third-order valence-electron chi connectivity index (χ3n) is 2.32. The van der Waals surface area contributed by atoms with Gasteiger partial charge >= 0.3 is 0 Å². The van der Waals surface area contributed by atoms with Crippen LogP contribution >= 0.6 is 11.3 Å². The molecule has 0 bridgehead atoms. The lowest BCUT2D eigenvalue weighted by Gasteiger charge is -2.18. The highest BCUT2D eigenvalue weighted by Gasteiger charge is 2.03. The Balaban J connectivity index is 2.08. The Bertz CT molecular complexity index is 266. The van der Waals surface area contributed by atoms with Crippen LogP contribution in [0.15, 0.2) is 10.9 Å². The van der Waals surface area contributed by atoms with E-state index in [1.165, 1.54) is 0 Å². The van der Waals surface area contributed by atoms with Crippen LogP contribution in [0.4, 0.5) is 0 Å². The fraction of sp³-hybridized carbons (Fsp3) is 0.727. The number of hydrogen-bond acceptors (Lipinski definition) is 5. The molecule has 0 aromatic carbocycles. The summed E-state index contributed by atoms with van der Waals surface area (Å²) in [4.78, 5) is 6.53. The van der Waals surface area contributed by atoms with Gasteiger partial charge in [0.1, 0.15) is 0 Å². The SMILES string of the molecule is COCC(C)NCCN(C)Cc1cscn1. The molecule has 1 rings (SSSR count). The topological polar surface area (TPSA) is 37.4 Å². The predicted molar refractivity (Wildman–Crippen MR) is 67.8 cm³/mol. The molecule has 5 heteroatoms. The average Bonchev–Trinajstić information content (AvgIpc) is 2.70. The molecule has 1 unspecified atom stereocenters. The summed E-state index contributed by atoms with van der Waals surface area (Å²) in [5.74, 6) is 0. The molecule has 0 saturated heterocycles. The molecule has 0 aliphatic rings. The van der Waals surface area contributed by atoms with Crippen molar-refractivity contribution in [3.05, 3.63) is 16.6 Å². The maximum atomic E-state index is 5.06. The molecule has 1 aromatic heterocycles. The van der Waals surface area contributed by atoms with E-state index in [0.717, 1.165) is 31.9 Å². The van der Waals surface area contributed by atoms with Gasteiger partial charge in [-0.25, -0.2) is 4.98 Å². The first-order valence-electron chi connectivity index (χ1n) is 5.50. The number of rotatable bonds is 8. The standard InChI is InChI=1S/C11H21N3OS/c1-10(7-15-3)12-4-5-14(2)6-11-8-16-9-13-11/h8-10,12H,4-7H2,1-3H3. The quantitative estimate of drug-likeness (QED) is 0.744. The van der Waals surface area contributed by atoms with E-state index in [4.69, 9.17) is 4.74 Å². The molecule has 1 heterocycles. The zero-order valence-corrected chi connectivity index (χ0v) is 11.1. The minimum Gasteiger partial charge on any atom is -0.383 e. The van der Waals surface area contributed by atoms with Crippen LogP contribution in [0.1, 0.15) is 12.6 Å². The molecule has 0 fully saturated rings. The molecule has 1 N–H and O–H groups in total. The molecule has 0 spiro atoms. The summed E-state index contributed by atoms with van der Waals surface area (Å²) in [6, 6.07) is 0.415. The largest absolute Gasteiger partial charge is 0.383 e. The van der Waals surface area contributed by atoms with Gasteiger partial charge in [-0.3, -0.25) is 4.90 Å². The van der Waals surface area contributed by atoms with Crippen LogP contribution in [-0.4, -0.2) is 49.8 Å². The number of methoxy groups -OCH3 is 1. The Labute approximate surface area is 102 Å². The molecule has 0 saturated carbocycles. The third kappa shape index (κ3) is 5.55. The Morgan fingerprint density at radius 1 is 1.62 bits per heavy atom. The van der Waals surface area contributed by atoms with Gasteiger partial charge in [0.15, 0.2) is 0 Å². The molecule has 92 valence electrons. The Morgan fingerprint density at radius 3 is 3.06 bits per heavy atom. The molecule has 0 radical (unpaired) electrons. The minimum absolute atomic E-state index is 0.415. The van der Waals surface area contributed by atoms with E-state index in [0.29, 0.717) is 6.04 Å². The molecular weight excluding hydrogens is 222 g/mol. The average molecular weight is 243 g/mol. The molecule has 0 aliphatic carbocycles. The maximum Gasteiger partial charge on any atom is 0.0795 e. The second kappa shape index (κ2) is 7.73. The van der Waals surface area contributed by atoms with Crippen molar-refractivity contribution in [1.29, 1.82) is 0 Å². The summed E-state index contributed by atoms with van der Waals surface area (Å²) in [6.45, 7) is 5.81. The van der Waals surface area contributed by atoms with Crippen LogP contribution in [0.5, 0.6) is 0 Å². The molecule has 16 heavy (non-hydrogen) atoms. The van der Waals surface area contributed by atoms with E-state index >= 15 is 0 Å². The first-order chi connectivity index (χ1) is 7.72. The highest BCUT2D eigenvalue weighted by Crippen LogP contribution is 2.03. The van der Waals surface area contributed by atoms with Crippen LogP contribution in [-0.2, 0) is 11.3 Å². The number of hydrogen-bond donors (Lipinski definition) is 1. The van der Waals surface area contributed by atoms with Gasteiger partial charge in [-0.2, -0.15) is 0 Å². The first-order valence-corrected chi connectivity index (χ1v) is 6.44. The summed E-state index contributed by atoms with van der Waals surface area (Å²) < 4.78 is 5.06. The van der Waals surface area contributed by atoms with Crippen molar-refractivity contribution in [2.45, 2.75) is 19.5 Å². The van der Waals surface area contributed by atoms with Crippen molar-refractivity contribution in [2.24, 2.45) is 0 Å². The van der Waals surface area contributed by atoms with Gasteiger partial charge < -0.3 is 10.1 Å². The zero-order valence-electron chi connectivity index (χ0n) is 10.3. The first kappa shape index (κ1) is 13.6. The van der Waals surface area contributed by atoms with Crippen LogP contribution in [0.25, 0.3) is 0 Å². The van der Waals surface area contributed by atoms with Gasteiger partial charge in [-0.05, 0) is 14.0 Å². The molecule has 0 amide bonds. The Kier molecular flexibility index (Phi) is 6.56. The van der Waals surface area contributed by atoms with Crippen molar-refractivity contribution in [3.63, 3.8) is 0 Å². The summed E-state index contributed by atoms with van der Waals surface area (Å²) in [5.41, 5.74) is 3.03. The van der Waals surface area contributed by atoms with E-state index < -0.39 is 0 Å². The minimum atomic E-state index is 0.415. The number of nitrogens with one attached hydrogen (secondary N) is 1. The van der Waals surface area contributed by atoms with E-state index in [1.54, 1.807) is 18.4 Å². The zero-order chi connectivity index (χ0) is 11.8. The smallest absolute Gasteiger partial charge is 0.0795 e. The van der Waals surface area contributed by atoms with Crippen molar-refractivity contribution < 1.29 is 4.74 Å². The van der Waals surface area contributed by atoms with Crippen molar-refractivity contribution in [2.75, 3.05) is 33.9 Å². The van der Waals surface area contributed by atoms with E-state index in [2.05, 4.69) is 34.6 Å². The van der Waals surface area contributed by atoms with Crippen LogP contribution < -0.4 is 5.32 Å². The van der Waals surface area contributed by atoms with Crippen molar-refractivity contribution in [3.8, 4) is 0 Å². The van der Waals surface area contributed by atoms with Gasteiger partial charge in [0.25, 0.3) is 0 Å². The molecule has 1 atom stereocenters. The number of thiazole rings is 1. The van der Waals surface area contributed by atoms with Crippen LogP contribution in [0.2, 0.25) is 0 Å². The summed E-state index contributed by atoms with van der Waals surface area (Å²) >= 11 is 1.65. The van der Waals surface area contributed by atoms with Gasteiger partial charge in [-0.1, -0.05) is 0 Å². The molecule has 0 aliphatic heterocycles. The fourth-order valence-electron chi connectivity index (χ4n) is 1.48. The monoisotopic (exact) mass is 243 g/mol. The highest BCUT2D eigenvalue weighted by molar-refractivity contribution is 7.07. The predicted octanol–water partition coefficient (Wildman–Crippen LogP) is 1.20. The normalized spacial score (nSPS) is 13.2. The van der Waals surface area contributed by atoms with Gasteiger partial charge in [-0.15, -0.1) is 11.3 Å². The number of aromatic nitrogens is 1. The highest BCUT2D eigenvalue weighted by atomic mass is 32.1. The van der Waals surface area contributed by atoms with Gasteiger partial charge in [0.2, 0.25) is 0 Å². The fourth-order valence-corrected chi connectivity index (χ4v) is 2.03. The van der Waals surface area contributed by atoms with Gasteiger partial charge in [0.05, 0.1) is 17.8 Å². The Morgan fingerprint density at radius 2 is 2.44 bits per heavy atom.